The first-order valence-corrected chi connectivity index (χ1v) is 7.27. The highest BCUT2D eigenvalue weighted by molar-refractivity contribution is 5.85. The summed E-state index contributed by atoms with van der Waals surface area (Å²) in [6, 6.07) is 9.39. The molecule has 1 aliphatic heterocycles. The van der Waals surface area contributed by atoms with Gasteiger partial charge in [0.15, 0.2) is 11.3 Å². The van der Waals surface area contributed by atoms with E-state index in [1.54, 1.807) is 12.1 Å². The molecule has 0 fully saturated rings. The molecule has 0 aromatic heterocycles. The molecule has 4 nitrogen and oxygen atoms in total. The molecule has 5 heteroatoms. The monoisotopic (exact) mass is 317 g/mol. The number of hydrogen-bond donors (Lipinski definition) is 1. The van der Waals surface area contributed by atoms with Gasteiger partial charge in [0.1, 0.15) is 11.2 Å². The normalized spacial score (nSPS) is 10.7. The molecule has 116 valence electrons. The number of hydrogen-bond acceptors (Lipinski definition) is 4. The number of fused-ring (bicyclic) bond motifs is 2. The number of nitrogens with zero attached hydrogens (tertiary/aromatic N) is 2. The summed E-state index contributed by atoms with van der Waals surface area (Å²) in [7, 11) is 0. The van der Waals surface area contributed by atoms with Crippen molar-refractivity contribution in [3.05, 3.63) is 41.3 Å². The van der Waals surface area contributed by atoms with Gasteiger partial charge in [-0.25, -0.2) is 4.98 Å². The standard InChI is InChI=1S/C17H19N3O.ClH/c1-4-20(5-2)15-10-17-14(8-11(15)3)19-13-7-6-12(18)9-16(13)21-17;/h6-10,18H,4-5H2,1-3H3;1H. The van der Waals surface area contributed by atoms with Crippen LogP contribution in [0.2, 0.25) is 0 Å². The second kappa shape index (κ2) is 6.36. The summed E-state index contributed by atoms with van der Waals surface area (Å²) in [6.45, 7) is 8.32. The number of aromatic nitrogens is 1. The first kappa shape index (κ1) is 16.3. The summed E-state index contributed by atoms with van der Waals surface area (Å²) in [4.78, 5) is 6.94. The number of nitrogens with one attached hydrogen (secondary N) is 1. The third-order valence-electron chi connectivity index (χ3n) is 3.80. The fourth-order valence-electron chi connectivity index (χ4n) is 2.67. The van der Waals surface area contributed by atoms with Crippen LogP contribution in [0.25, 0.3) is 22.6 Å². The van der Waals surface area contributed by atoms with Gasteiger partial charge < -0.3 is 14.7 Å². The Labute approximate surface area is 136 Å². The molecule has 2 aliphatic rings. The van der Waals surface area contributed by atoms with E-state index in [0.717, 1.165) is 29.9 Å². The number of halogens is 1. The minimum absolute atomic E-state index is 0. The molecule has 0 saturated carbocycles. The Balaban J connectivity index is 0.00000176. The van der Waals surface area contributed by atoms with Crippen LogP contribution in [0.1, 0.15) is 19.4 Å². The van der Waals surface area contributed by atoms with E-state index in [4.69, 9.17) is 9.83 Å². The van der Waals surface area contributed by atoms with Gasteiger partial charge in [-0.3, -0.25) is 0 Å². The number of aryl methyl sites for hydroxylation is 1. The van der Waals surface area contributed by atoms with E-state index in [-0.39, 0.29) is 12.4 Å². The summed E-state index contributed by atoms with van der Waals surface area (Å²) >= 11 is 0. The first-order valence-electron chi connectivity index (χ1n) is 7.27. The average molecular weight is 318 g/mol. The molecule has 0 atom stereocenters. The molecule has 0 unspecified atom stereocenters. The molecule has 1 heterocycles. The molecule has 0 amide bonds. The summed E-state index contributed by atoms with van der Waals surface area (Å²) in [6.07, 6.45) is 0. The van der Waals surface area contributed by atoms with Crippen LogP contribution in [-0.2, 0) is 0 Å². The van der Waals surface area contributed by atoms with E-state index in [1.807, 2.05) is 6.07 Å². The van der Waals surface area contributed by atoms with Gasteiger partial charge in [0.05, 0.1) is 5.36 Å². The molecule has 22 heavy (non-hydrogen) atoms. The molecule has 0 bridgehead atoms. The zero-order chi connectivity index (χ0) is 15.0. The lowest BCUT2D eigenvalue weighted by Gasteiger charge is -2.23. The van der Waals surface area contributed by atoms with Crippen LogP contribution in [0, 0.1) is 12.3 Å². The smallest absolute Gasteiger partial charge is 0.155 e. The Morgan fingerprint density at radius 3 is 2.55 bits per heavy atom. The zero-order valence-electron chi connectivity index (χ0n) is 13.0. The molecule has 1 aromatic carbocycles. The highest BCUT2D eigenvalue weighted by Crippen LogP contribution is 2.29. The van der Waals surface area contributed by atoms with E-state index >= 15 is 0 Å². The van der Waals surface area contributed by atoms with Crippen LogP contribution in [0.3, 0.4) is 0 Å². The van der Waals surface area contributed by atoms with Crippen molar-refractivity contribution in [2.75, 3.05) is 18.0 Å². The molecule has 1 aliphatic carbocycles. The Hall–Kier alpha value is -2.07. The van der Waals surface area contributed by atoms with E-state index in [2.05, 4.69) is 42.8 Å². The number of benzene rings is 2. The predicted molar refractivity (Wildman–Crippen MR) is 92.0 cm³/mol. The molecule has 0 spiro atoms. The number of anilines is 1. The van der Waals surface area contributed by atoms with Crippen molar-refractivity contribution in [3.8, 4) is 11.5 Å². The van der Waals surface area contributed by atoms with E-state index in [9.17, 15) is 0 Å². The SMILES string of the molecule is CCN(CC)c1cc2oc3cc(=N)ccc-3nc2cc1C.Cl. The van der Waals surface area contributed by atoms with Gasteiger partial charge in [-0.05, 0) is 44.5 Å². The van der Waals surface area contributed by atoms with Gasteiger partial charge in [-0.15, -0.1) is 12.4 Å². The fourth-order valence-corrected chi connectivity index (χ4v) is 2.67. The van der Waals surface area contributed by atoms with Gasteiger partial charge in [0.25, 0.3) is 0 Å². The Morgan fingerprint density at radius 2 is 1.86 bits per heavy atom. The summed E-state index contributed by atoms with van der Waals surface area (Å²) in [5.74, 6) is 0.657. The lowest BCUT2D eigenvalue weighted by atomic mass is 10.1. The van der Waals surface area contributed by atoms with Crippen LogP contribution in [0.4, 0.5) is 5.69 Å². The summed E-state index contributed by atoms with van der Waals surface area (Å²) in [5.41, 5.74) is 4.78. The summed E-state index contributed by atoms with van der Waals surface area (Å²) < 4.78 is 5.95. The second-order valence-electron chi connectivity index (χ2n) is 5.18. The van der Waals surface area contributed by atoms with Crippen molar-refractivity contribution >= 4 is 29.2 Å². The molecule has 1 aromatic rings. The van der Waals surface area contributed by atoms with E-state index < -0.39 is 0 Å². The van der Waals surface area contributed by atoms with Crippen molar-refractivity contribution in [1.82, 2.24) is 4.98 Å². The minimum atomic E-state index is 0. The third-order valence-corrected chi connectivity index (χ3v) is 3.80. The Morgan fingerprint density at radius 1 is 1.14 bits per heavy atom. The fraction of sp³-hybridized carbons (Fsp3) is 0.294. The maximum atomic E-state index is 7.69. The van der Waals surface area contributed by atoms with Gasteiger partial charge in [-0.1, -0.05) is 0 Å². The molecule has 1 N–H and O–H groups in total. The maximum Gasteiger partial charge on any atom is 0.155 e. The first-order chi connectivity index (χ1) is 10.1. The van der Waals surface area contributed by atoms with Gasteiger partial charge in [0.2, 0.25) is 0 Å². The quantitative estimate of drug-likeness (QED) is 0.743. The second-order valence-corrected chi connectivity index (χ2v) is 5.18. The minimum Gasteiger partial charge on any atom is -0.453 e. The average Bonchev–Trinajstić information content (AvgIpc) is 2.47. The highest BCUT2D eigenvalue weighted by atomic mass is 35.5. The van der Waals surface area contributed by atoms with Gasteiger partial charge in [-0.2, -0.15) is 0 Å². The Kier molecular flexibility index (Phi) is 4.71. The largest absolute Gasteiger partial charge is 0.453 e. The molecular weight excluding hydrogens is 298 g/mol. The van der Waals surface area contributed by atoms with Crippen LogP contribution in [0.15, 0.2) is 34.7 Å². The van der Waals surface area contributed by atoms with Crippen LogP contribution < -0.4 is 10.3 Å². The van der Waals surface area contributed by atoms with Crippen LogP contribution >= 0.6 is 12.4 Å². The van der Waals surface area contributed by atoms with Gasteiger partial charge in [0, 0.05) is 30.9 Å². The molecule has 0 radical (unpaired) electrons. The van der Waals surface area contributed by atoms with Gasteiger partial charge >= 0.3 is 0 Å². The van der Waals surface area contributed by atoms with Crippen molar-refractivity contribution in [3.63, 3.8) is 0 Å². The van der Waals surface area contributed by atoms with Crippen LogP contribution in [0.5, 0.6) is 0 Å². The number of rotatable bonds is 3. The molecule has 0 saturated heterocycles. The van der Waals surface area contributed by atoms with Crippen molar-refractivity contribution in [2.45, 2.75) is 20.8 Å². The zero-order valence-corrected chi connectivity index (χ0v) is 13.8. The third kappa shape index (κ3) is 2.79. The van der Waals surface area contributed by atoms with Crippen LogP contribution in [-0.4, -0.2) is 18.1 Å². The van der Waals surface area contributed by atoms with Crippen molar-refractivity contribution in [1.29, 1.82) is 5.41 Å². The Bertz CT molecular complexity index is 824. The topological polar surface area (TPSA) is 53.1 Å². The van der Waals surface area contributed by atoms with Crippen molar-refractivity contribution < 1.29 is 4.42 Å². The maximum absolute atomic E-state index is 7.69. The highest BCUT2D eigenvalue weighted by Gasteiger charge is 2.12. The van der Waals surface area contributed by atoms with Crippen molar-refractivity contribution in [2.24, 2.45) is 0 Å². The lowest BCUT2D eigenvalue weighted by molar-refractivity contribution is 0.611. The summed E-state index contributed by atoms with van der Waals surface area (Å²) in [5, 5.41) is 8.13. The predicted octanol–water partition coefficient (Wildman–Crippen LogP) is 3.99. The van der Waals surface area contributed by atoms with E-state index in [1.165, 1.54) is 11.3 Å². The molecular formula is C17H20ClN3O. The molecule has 3 rings (SSSR count). The van der Waals surface area contributed by atoms with E-state index in [0.29, 0.717) is 11.1 Å². The lowest BCUT2D eigenvalue weighted by Crippen LogP contribution is -2.22.